The number of carbonyl (C=O) groups is 1. The third-order valence-electron chi connectivity index (χ3n) is 3.06. The van der Waals surface area contributed by atoms with E-state index in [1.165, 1.54) is 17.3 Å². The molecule has 0 atom stereocenters. The predicted molar refractivity (Wildman–Crippen MR) is 87.8 cm³/mol. The fourth-order valence-corrected chi connectivity index (χ4v) is 2.56. The van der Waals surface area contributed by atoms with Gasteiger partial charge in [-0.1, -0.05) is 32.9 Å². The number of rotatable bonds is 4. The zero-order chi connectivity index (χ0) is 15.5. The highest BCUT2D eigenvalue weighted by molar-refractivity contribution is 8.00. The second-order valence-corrected chi connectivity index (χ2v) is 7.10. The molecule has 2 rings (SSSR count). The molecule has 5 heteroatoms. The molecule has 2 N–H and O–H groups in total. The van der Waals surface area contributed by atoms with Crippen LogP contribution in [0.25, 0.3) is 0 Å². The maximum atomic E-state index is 11.8. The molecule has 0 aliphatic rings. The lowest BCUT2D eigenvalue weighted by Crippen LogP contribution is -2.14. The highest BCUT2D eigenvalue weighted by Gasteiger charge is 2.13. The fourth-order valence-electron chi connectivity index (χ4n) is 1.86. The van der Waals surface area contributed by atoms with Gasteiger partial charge in [0.25, 0.3) is 0 Å². The van der Waals surface area contributed by atoms with Crippen molar-refractivity contribution in [1.29, 1.82) is 0 Å². The summed E-state index contributed by atoms with van der Waals surface area (Å²) in [5.41, 5.74) is 2.37. The van der Waals surface area contributed by atoms with E-state index < -0.39 is 0 Å². The molecule has 1 amide bonds. The van der Waals surface area contributed by atoms with E-state index in [1.807, 2.05) is 6.92 Å². The van der Waals surface area contributed by atoms with Crippen LogP contribution in [0.4, 0.5) is 5.82 Å². The number of carbonyl (C=O) groups excluding carboxylic acids is 1. The molecule has 0 unspecified atom stereocenters. The number of aromatic nitrogens is 2. The highest BCUT2D eigenvalue weighted by atomic mass is 32.2. The molecule has 0 saturated heterocycles. The van der Waals surface area contributed by atoms with Crippen LogP contribution in [-0.2, 0) is 10.2 Å². The van der Waals surface area contributed by atoms with E-state index in [2.05, 4.69) is 60.6 Å². The normalized spacial score (nSPS) is 11.4. The first-order valence-electron chi connectivity index (χ1n) is 6.90. The summed E-state index contributed by atoms with van der Waals surface area (Å²) in [5.74, 6) is 0.897. The Kier molecular flexibility index (Phi) is 4.73. The van der Waals surface area contributed by atoms with Crippen molar-refractivity contribution in [2.75, 3.05) is 11.1 Å². The van der Waals surface area contributed by atoms with E-state index in [0.29, 0.717) is 11.6 Å². The lowest BCUT2D eigenvalue weighted by molar-refractivity contribution is -0.113. The Hall–Kier alpha value is -1.75. The molecule has 0 bridgehead atoms. The Morgan fingerprint density at radius 1 is 1.29 bits per heavy atom. The summed E-state index contributed by atoms with van der Waals surface area (Å²) in [6, 6.07) is 10.2. The Labute approximate surface area is 129 Å². The number of aryl methyl sites for hydroxylation is 1. The first-order chi connectivity index (χ1) is 9.84. The van der Waals surface area contributed by atoms with E-state index in [0.717, 1.165) is 10.6 Å². The molecule has 21 heavy (non-hydrogen) atoms. The quantitative estimate of drug-likeness (QED) is 0.846. The van der Waals surface area contributed by atoms with E-state index in [4.69, 9.17) is 0 Å². The third-order valence-corrected chi connectivity index (χ3v) is 4.08. The minimum absolute atomic E-state index is 0.0496. The molecule has 2 aromatic rings. The predicted octanol–water partition coefficient (Wildman–Crippen LogP) is 3.75. The molecule has 112 valence electrons. The summed E-state index contributed by atoms with van der Waals surface area (Å²) < 4.78 is 0. The van der Waals surface area contributed by atoms with Gasteiger partial charge in [0.2, 0.25) is 5.91 Å². The van der Waals surface area contributed by atoms with Gasteiger partial charge in [0, 0.05) is 16.7 Å². The average molecular weight is 303 g/mol. The van der Waals surface area contributed by atoms with Gasteiger partial charge in [0.15, 0.2) is 5.82 Å². The number of hydrogen-bond acceptors (Lipinski definition) is 3. The maximum absolute atomic E-state index is 11.8. The summed E-state index contributed by atoms with van der Waals surface area (Å²) in [6.45, 7) is 8.46. The standard InChI is InChI=1S/C16H21N3OS/c1-11-9-14(19-18-11)17-15(20)10-21-13-7-5-12(6-8-13)16(2,3)4/h5-9H,10H2,1-4H3,(H2,17,18,19,20). The van der Waals surface area contributed by atoms with Crippen LogP contribution in [0.15, 0.2) is 35.2 Å². The number of aromatic amines is 1. The number of amides is 1. The van der Waals surface area contributed by atoms with Crippen LogP contribution in [0.2, 0.25) is 0 Å². The van der Waals surface area contributed by atoms with Crippen LogP contribution in [0, 0.1) is 6.92 Å². The Morgan fingerprint density at radius 3 is 2.48 bits per heavy atom. The van der Waals surface area contributed by atoms with Gasteiger partial charge in [-0.2, -0.15) is 5.10 Å². The first-order valence-corrected chi connectivity index (χ1v) is 7.88. The van der Waals surface area contributed by atoms with Crippen LogP contribution in [0.1, 0.15) is 32.0 Å². The van der Waals surface area contributed by atoms with Crippen molar-refractivity contribution in [2.24, 2.45) is 0 Å². The minimum atomic E-state index is -0.0496. The summed E-state index contributed by atoms with van der Waals surface area (Å²) in [4.78, 5) is 12.9. The minimum Gasteiger partial charge on any atom is -0.308 e. The summed E-state index contributed by atoms with van der Waals surface area (Å²) in [6.07, 6.45) is 0. The molecular weight excluding hydrogens is 282 g/mol. The van der Waals surface area contributed by atoms with E-state index >= 15 is 0 Å². The second-order valence-electron chi connectivity index (χ2n) is 6.05. The number of anilines is 1. The van der Waals surface area contributed by atoms with Crippen molar-refractivity contribution in [3.05, 3.63) is 41.6 Å². The van der Waals surface area contributed by atoms with Gasteiger partial charge in [-0.25, -0.2) is 0 Å². The summed E-state index contributed by atoms with van der Waals surface area (Å²) in [7, 11) is 0. The van der Waals surface area contributed by atoms with Crippen molar-refractivity contribution < 1.29 is 4.79 Å². The molecule has 0 aliphatic heterocycles. The number of nitrogens with zero attached hydrogens (tertiary/aromatic N) is 1. The van der Waals surface area contributed by atoms with Gasteiger partial charge in [0.05, 0.1) is 5.75 Å². The second kappa shape index (κ2) is 6.35. The SMILES string of the molecule is Cc1cc(NC(=O)CSc2ccc(C(C)(C)C)cc2)n[nH]1. The zero-order valence-corrected chi connectivity index (χ0v) is 13.7. The van der Waals surface area contributed by atoms with Gasteiger partial charge in [-0.15, -0.1) is 11.8 Å². The molecule has 0 spiro atoms. The largest absolute Gasteiger partial charge is 0.308 e. The molecule has 1 heterocycles. The Morgan fingerprint density at radius 2 is 1.95 bits per heavy atom. The summed E-state index contributed by atoms with van der Waals surface area (Å²) in [5, 5.41) is 9.55. The lowest BCUT2D eigenvalue weighted by Gasteiger charge is -2.19. The monoisotopic (exact) mass is 303 g/mol. The molecule has 1 aromatic carbocycles. The van der Waals surface area contributed by atoms with Gasteiger partial charge < -0.3 is 5.32 Å². The average Bonchev–Trinajstić information content (AvgIpc) is 2.81. The van der Waals surface area contributed by atoms with Gasteiger partial charge in [0.1, 0.15) is 0 Å². The van der Waals surface area contributed by atoms with Crippen molar-refractivity contribution in [3.8, 4) is 0 Å². The molecular formula is C16H21N3OS. The fraction of sp³-hybridized carbons (Fsp3) is 0.375. The summed E-state index contributed by atoms with van der Waals surface area (Å²) >= 11 is 1.52. The van der Waals surface area contributed by atoms with Gasteiger partial charge >= 0.3 is 0 Å². The first kappa shape index (κ1) is 15.6. The number of H-pyrrole nitrogens is 1. The molecule has 0 radical (unpaired) electrons. The molecule has 0 saturated carbocycles. The number of benzene rings is 1. The molecule has 4 nitrogen and oxygen atoms in total. The zero-order valence-electron chi connectivity index (χ0n) is 12.9. The topological polar surface area (TPSA) is 57.8 Å². The molecule has 1 aromatic heterocycles. The molecule has 0 fully saturated rings. The van der Waals surface area contributed by atoms with Crippen LogP contribution in [-0.4, -0.2) is 21.9 Å². The van der Waals surface area contributed by atoms with Crippen LogP contribution in [0.3, 0.4) is 0 Å². The van der Waals surface area contributed by atoms with Crippen LogP contribution < -0.4 is 5.32 Å². The van der Waals surface area contributed by atoms with Crippen molar-refractivity contribution in [3.63, 3.8) is 0 Å². The smallest absolute Gasteiger partial charge is 0.235 e. The number of hydrogen-bond donors (Lipinski definition) is 2. The van der Waals surface area contributed by atoms with E-state index in [9.17, 15) is 4.79 Å². The van der Waals surface area contributed by atoms with Crippen molar-refractivity contribution in [1.82, 2.24) is 10.2 Å². The Balaban J connectivity index is 1.86. The Bertz CT molecular complexity index is 611. The van der Waals surface area contributed by atoms with E-state index in [-0.39, 0.29) is 11.3 Å². The van der Waals surface area contributed by atoms with Gasteiger partial charge in [-0.3, -0.25) is 9.89 Å². The number of thioether (sulfide) groups is 1. The highest BCUT2D eigenvalue weighted by Crippen LogP contribution is 2.25. The van der Waals surface area contributed by atoms with E-state index in [1.54, 1.807) is 6.07 Å². The van der Waals surface area contributed by atoms with Crippen molar-refractivity contribution >= 4 is 23.5 Å². The lowest BCUT2D eigenvalue weighted by atomic mass is 9.87. The van der Waals surface area contributed by atoms with Gasteiger partial charge in [-0.05, 0) is 30.0 Å². The maximum Gasteiger partial charge on any atom is 0.235 e. The van der Waals surface area contributed by atoms with Crippen LogP contribution in [0.5, 0.6) is 0 Å². The van der Waals surface area contributed by atoms with Crippen molar-refractivity contribution in [2.45, 2.75) is 38.0 Å². The van der Waals surface area contributed by atoms with Crippen LogP contribution >= 0.6 is 11.8 Å². The number of nitrogens with one attached hydrogen (secondary N) is 2. The third kappa shape index (κ3) is 4.63. The molecule has 0 aliphatic carbocycles.